The van der Waals surface area contributed by atoms with Gasteiger partial charge in [-0.3, -0.25) is 9.59 Å². The highest BCUT2D eigenvalue weighted by molar-refractivity contribution is 5.82. The topological polar surface area (TPSA) is 52.6 Å². The van der Waals surface area contributed by atoms with E-state index in [1.807, 2.05) is 27.7 Å². The minimum Gasteiger partial charge on any atom is -0.463 e. The molecule has 0 aromatic heterocycles. The van der Waals surface area contributed by atoms with Crippen LogP contribution in [0.15, 0.2) is 0 Å². The van der Waals surface area contributed by atoms with Gasteiger partial charge in [-0.25, -0.2) is 0 Å². The SMILES string of the molecule is CCCCCCCCCCCCCCC(C(=O)OC(C)C)C(CCCCCCCCCCCC)C(=O)OC(C)C. The lowest BCUT2D eigenvalue weighted by Crippen LogP contribution is -2.34. The Bertz CT molecular complexity index is 571. The Kier molecular flexibility index (Phi) is 27.3. The van der Waals surface area contributed by atoms with Crippen molar-refractivity contribution in [1.82, 2.24) is 0 Å². The van der Waals surface area contributed by atoms with Gasteiger partial charge in [-0.15, -0.1) is 0 Å². The van der Waals surface area contributed by atoms with Gasteiger partial charge in [-0.1, -0.05) is 155 Å². The first-order valence-corrected chi connectivity index (χ1v) is 17.7. The monoisotopic (exact) mass is 567 g/mol. The van der Waals surface area contributed by atoms with E-state index in [4.69, 9.17) is 9.47 Å². The van der Waals surface area contributed by atoms with Crippen LogP contribution < -0.4 is 0 Å². The molecular formula is C36H70O4. The van der Waals surface area contributed by atoms with Gasteiger partial charge in [0.05, 0.1) is 24.0 Å². The van der Waals surface area contributed by atoms with E-state index in [0.717, 1.165) is 38.5 Å². The third kappa shape index (κ3) is 23.6. The quantitative estimate of drug-likeness (QED) is 0.0667. The molecule has 40 heavy (non-hydrogen) atoms. The van der Waals surface area contributed by atoms with Crippen LogP contribution in [0.1, 0.15) is 196 Å². The molecule has 2 unspecified atom stereocenters. The van der Waals surface area contributed by atoms with Crippen LogP contribution in [-0.2, 0) is 19.1 Å². The predicted molar refractivity (Wildman–Crippen MR) is 172 cm³/mol. The number of ether oxygens (including phenoxy) is 2. The summed E-state index contributed by atoms with van der Waals surface area (Å²) in [6.45, 7) is 12.1. The number of rotatable bonds is 29. The Morgan fingerprint density at radius 1 is 0.400 bits per heavy atom. The third-order valence-corrected chi connectivity index (χ3v) is 8.03. The summed E-state index contributed by atoms with van der Waals surface area (Å²) in [5.41, 5.74) is 0. The van der Waals surface area contributed by atoms with E-state index in [1.54, 1.807) is 0 Å². The molecule has 0 bridgehead atoms. The summed E-state index contributed by atoms with van der Waals surface area (Å²) in [4.78, 5) is 26.3. The lowest BCUT2D eigenvalue weighted by atomic mass is 9.83. The molecule has 4 heteroatoms. The van der Waals surface area contributed by atoms with Crippen molar-refractivity contribution in [2.24, 2.45) is 11.8 Å². The first kappa shape index (κ1) is 38.9. The Balaban J connectivity index is 4.65. The van der Waals surface area contributed by atoms with Gasteiger partial charge in [0, 0.05) is 0 Å². The van der Waals surface area contributed by atoms with Gasteiger partial charge in [0.25, 0.3) is 0 Å². The molecule has 4 nitrogen and oxygen atoms in total. The van der Waals surface area contributed by atoms with Crippen LogP contribution >= 0.6 is 0 Å². The van der Waals surface area contributed by atoms with Crippen LogP contribution in [0.5, 0.6) is 0 Å². The highest BCUT2D eigenvalue weighted by Gasteiger charge is 2.36. The van der Waals surface area contributed by atoms with Crippen molar-refractivity contribution < 1.29 is 19.1 Å². The van der Waals surface area contributed by atoms with Crippen molar-refractivity contribution >= 4 is 11.9 Å². The lowest BCUT2D eigenvalue weighted by molar-refractivity contribution is -0.166. The Morgan fingerprint density at radius 3 is 0.850 bits per heavy atom. The fourth-order valence-electron chi connectivity index (χ4n) is 5.66. The minimum absolute atomic E-state index is 0.170. The van der Waals surface area contributed by atoms with E-state index in [9.17, 15) is 9.59 Å². The van der Waals surface area contributed by atoms with Crippen LogP contribution in [0.3, 0.4) is 0 Å². The summed E-state index contributed by atoms with van der Waals surface area (Å²) in [6.07, 6.45) is 29.1. The standard InChI is InChI=1S/C36H70O4/c1-7-9-11-13-15-17-19-20-22-24-26-28-30-34(36(38)40-32(5)6)33(35(37)39-31(3)4)29-27-25-23-21-18-16-14-12-10-8-2/h31-34H,7-30H2,1-6H3. The van der Waals surface area contributed by atoms with E-state index in [-0.39, 0.29) is 24.1 Å². The summed E-state index contributed by atoms with van der Waals surface area (Å²) in [7, 11) is 0. The van der Waals surface area contributed by atoms with Crippen molar-refractivity contribution in [2.75, 3.05) is 0 Å². The zero-order chi connectivity index (χ0) is 29.8. The van der Waals surface area contributed by atoms with Gasteiger partial charge in [0.2, 0.25) is 0 Å². The summed E-state index contributed by atoms with van der Waals surface area (Å²) in [6, 6.07) is 0. The van der Waals surface area contributed by atoms with Crippen LogP contribution in [0.4, 0.5) is 0 Å². The van der Waals surface area contributed by atoms with E-state index >= 15 is 0 Å². The van der Waals surface area contributed by atoms with E-state index in [1.165, 1.54) is 116 Å². The average Bonchev–Trinajstić information content (AvgIpc) is 2.90. The zero-order valence-corrected chi connectivity index (χ0v) is 27.9. The highest BCUT2D eigenvalue weighted by Crippen LogP contribution is 2.29. The fourth-order valence-corrected chi connectivity index (χ4v) is 5.66. The molecular weight excluding hydrogens is 496 g/mol. The van der Waals surface area contributed by atoms with Gasteiger partial charge >= 0.3 is 11.9 Å². The maximum absolute atomic E-state index is 13.2. The molecule has 0 radical (unpaired) electrons. The molecule has 0 spiro atoms. The Hall–Kier alpha value is -1.06. The molecule has 0 aromatic carbocycles. The summed E-state index contributed by atoms with van der Waals surface area (Å²) >= 11 is 0. The third-order valence-electron chi connectivity index (χ3n) is 8.03. The van der Waals surface area contributed by atoms with Crippen LogP contribution in [-0.4, -0.2) is 24.1 Å². The molecule has 0 aliphatic rings. The first-order valence-electron chi connectivity index (χ1n) is 17.7. The van der Waals surface area contributed by atoms with Gasteiger partial charge in [-0.2, -0.15) is 0 Å². The maximum atomic E-state index is 13.2. The van der Waals surface area contributed by atoms with Gasteiger partial charge in [-0.05, 0) is 40.5 Å². The molecule has 0 rings (SSSR count). The second-order valence-corrected chi connectivity index (χ2v) is 12.8. The van der Waals surface area contributed by atoms with Gasteiger partial charge in [0.1, 0.15) is 0 Å². The van der Waals surface area contributed by atoms with Crippen LogP contribution in [0.25, 0.3) is 0 Å². The number of hydrogen-bond acceptors (Lipinski definition) is 4. The smallest absolute Gasteiger partial charge is 0.310 e. The van der Waals surface area contributed by atoms with Gasteiger partial charge < -0.3 is 9.47 Å². The molecule has 0 amide bonds. The van der Waals surface area contributed by atoms with E-state index < -0.39 is 11.8 Å². The molecule has 2 atom stereocenters. The Morgan fingerprint density at radius 2 is 0.625 bits per heavy atom. The second-order valence-electron chi connectivity index (χ2n) is 12.8. The normalized spacial score (nSPS) is 13.1. The number of unbranched alkanes of at least 4 members (excludes halogenated alkanes) is 20. The van der Waals surface area contributed by atoms with Crippen molar-refractivity contribution in [3.05, 3.63) is 0 Å². The van der Waals surface area contributed by atoms with Crippen molar-refractivity contribution in [1.29, 1.82) is 0 Å². The number of esters is 2. The fraction of sp³-hybridized carbons (Fsp3) is 0.944. The summed E-state index contributed by atoms with van der Waals surface area (Å²) in [5.74, 6) is -1.21. The van der Waals surface area contributed by atoms with E-state index in [2.05, 4.69) is 13.8 Å². The minimum atomic E-state index is -0.393. The molecule has 0 aliphatic heterocycles. The van der Waals surface area contributed by atoms with Gasteiger partial charge in [0.15, 0.2) is 0 Å². The summed E-state index contributed by atoms with van der Waals surface area (Å²) < 4.78 is 11.3. The van der Waals surface area contributed by atoms with Crippen molar-refractivity contribution in [2.45, 2.75) is 208 Å². The van der Waals surface area contributed by atoms with Crippen molar-refractivity contribution in [3.63, 3.8) is 0 Å². The maximum Gasteiger partial charge on any atom is 0.310 e. The molecule has 0 saturated carbocycles. The molecule has 0 aromatic rings. The average molecular weight is 567 g/mol. The molecule has 0 N–H and O–H groups in total. The molecule has 0 saturated heterocycles. The predicted octanol–water partition coefficient (Wildman–Crippen LogP) is 11.5. The summed E-state index contributed by atoms with van der Waals surface area (Å²) in [5, 5.41) is 0. The number of hydrogen-bond donors (Lipinski definition) is 0. The lowest BCUT2D eigenvalue weighted by Gasteiger charge is -2.26. The van der Waals surface area contributed by atoms with Crippen molar-refractivity contribution in [3.8, 4) is 0 Å². The first-order chi connectivity index (χ1) is 19.3. The van der Waals surface area contributed by atoms with Crippen LogP contribution in [0.2, 0.25) is 0 Å². The molecule has 238 valence electrons. The van der Waals surface area contributed by atoms with E-state index in [0.29, 0.717) is 0 Å². The second kappa shape index (κ2) is 28.1. The molecule has 0 fully saturated rings. The highest BCUT2D eigenvalue weighted by atomic mass is 16.6. The molecule has 0 aliphatic carbocycles. The zero-order valence-electron chi connectivity index (χ0n) is 27.9. The number of carbonyl (C=O) groups is 2. The number of carbonyl (C=O) groups excluding carboxylic acids is 2. The largest absolute Gasteiger partial charge is 0.463 e. The molecule has 0 heterocycles. The van der Waals surface area contributed by atoms with Crippen LogP contribution in [0, 0.1) is 11.8 Å². The Labute approximate surface area is 250 Å².